The van der Waals surface area contributed by atoms with Gasteiger partial charge in [-0.05, 0) is 58.9 Å². The lowest BCUT2D eigenvalue weighted by atomic mass is 9.82. The van der Waals surface area contributed by atoms with Crippen molar-refractivity contribution in [2.75, 3.05) is 0 Å². The van der Waals surface area contributed by atoms with Crippen molar-refractivity contribution in [3.8, 4) is 11.1 Å². The Balaban J connectivity index is 1.79. The van der Waals surface area contributed by atoms with E-state index >= 15 is 0 Å². The van der Waals surface area contributed by atoms with Crippen molar-refractivity contribution in [3.05, 3.63) is 56.5 Å². The molecule has 2 aromatic rings. The van der Waals surface area contributed by atoms with Gasteiger partial charge in [0, 0.05) is 14.9 Å². The number of hydrogen-bond donors (Lipinski definition) is 0. The summed E-state index contributed by atoms with van der Waals surface area (Å²) in [5.41, 5.74) is 5.94. The van der Waals surface area contributed by atoms with Gasteiger partial charge in [-0.1, -0.05) is 122 Å². The quantitative estimate of drug-likeness (QED) is 0.244. The van der Waals surface area contributed by atoms with Crippen LogP contribution >= 0.6 is 31.9 Å². The van der Waals surface area contributed by atoms with Gasteiger partial charge in [-0.3, -0.25) is 0 Å². The highest BCUT2D eigenvalue weighted by Crippen LogP contribution is 2.49. The molecule has 0 aliphatic heterocycles. The minimum atomic E-state index is 0.539. The molecule has 0 unspecified atom stereocenters. The van der Waals surface area contributed by atoms with Gasteiger partial charge in [0.2, 0.25) is 0 Å². The number of rotatable bonds is 12. The molecule has 29 heavy (non-hydrogen) atoms. The lowest BCUT2D eigenvalue weighted by molar-refractivity contribution is 0.370. The van der Waals surface area contributed by atoms with E-state index in [4.69, 9.17) is 0 Å². The molecule has 158 valence electrons. The monoisotopic (exact) mass is 518 g/mol. The maximum atomic E-state index is 3.73. The second-order valence-corrected chi connectivity index (χ2v) is 10.6. The minimum absolute atomic E-state index is 0.539. The van der Waals surface area contributed by atoms with Gasteiger partial charge in [-0.25, -0.2) is 0 Å². The van der Waals surface area contributed by atoms with Crippen LogP contribution in [0.4, 0.5) is 0 Å². The minimum Gasteiger partial charge on any atom is -0.0654 e. The molecule has 3 rings (SSSR count). The molecule has 0 nitrogen and oxygen atoms in total. The summed E-state index contributed by atoms with van der Waals surface area (Å²) in [6, 6.07) is 13.8. The fourth-order valence-corrected chi connectivity index (χ4v) is 5.75. The molecular formula is C27H36Br2. The van der Waals surface area contributed by atoms with Crippen molar-refractivity contribution in [2.45, 2.75) is 90.4 Å². The summed E-state index contributed by atoms with van der Waals surface area (Å²) in [6.45, 7) is 4.62. The first-order valence-electron chi connectivity index (χ1n) is 11.7. The lowest BCUT2D eigenvalue weighted by Crippen LogP contribution is -2.08. The first-order valence-corrected chi connectivity index (χ1v) is 13.3. The highest BCUT2D eigenvalue weighted by Gasteiger charge is 2.30. The Labute approximate surface area is 195 Å². The van der Waals surface area contributed by atoms with Crippen LogP contribution in [0.5, 0.6) is 0 Å². The van der Waals surface area contributed by atoms with Gasteiger partial charge in [0.05, 0.1) is 0 Å². The van der Waals surface area contributed by atoms with Gasteiger partial charge in [-0.2, -0.15) is 0 Å². The van der Waals surface area contributed by atoms with E-state index in [-0.39, 0.29) is 0 Å². The molecule has 0 amide bonds. The zero-order valence-corrected chi connectivity index (χ0v) is 21.3. The maximum Gasteiger partial charge on any atom is 0.0178 e. The molecule has 2 heteroatoms. The van der Waals surface area contributed by atoms with Crippen molar-refractivity contribution in [1.29, 1.82) is 0 Å². The van der Waals surface area contributed by atoms with Crippen LogP contribution in [-0.4, -0.2) is 0 Å². The fraction of sp³-hybridized carbons (Fsp3) is 0.556. The maximum absolute atomic E-state index is 3.73. The summed E-state index contributed by atoms with van der Waals surface area (Å²) >= 11 is 7.45. The summed E-state index contributed by atoms with van der Waals surface area (Å²) < 4.78 is 2.41. The Bertz CT molecular complexity index is 717. The van der Waals surface area contributed by atoms with Crippen LogP contribution in [0.3, 0.4) is 0 Å². The van der Waals surface area contributed by atoms with Crippen molar-refractivity contribution in [3.63, 3.8) is 0 Å². The van der Waals surface area contributed by atoms with E-state index in [1.165, 1.54) is 102 Å². The molecule has 0 heterocycles. The topological polar surface area (TPSA) is 0 Å². The highest BCUT2D eigenvalue weighted by molar-refractivity contribution is 9.10. The van der Waals surface area contributed by atoms with E-state index < -0.39 is 0 Å². The zero-order chi connectivity index (χ0) is 20.6. The first-order chi connectivity index (χ1) is 14.1. The van der Waals surface area contributed by atoms with E-state index in [0.29, 0.717) is 5.92 Å². The third-order valence-corrected chi connectivity index (χ3v) is 7.56. The number of unbranched alkanes of at least 4 members (excludes halogenated alkanes) is 6. The van der Waals surface area contributed by atoms with Crippen LogP contribution in [0.25, 0.3) is 11.1 Å². The van der Waals surface area contributed by atoms with Gasteiger partial charge in [0.25, 0.3) is 0 Å². The fourth-order valence-electron chi connectivity index (χ4n) is 4.99. The smallest absolute Gasteiger partial charge is 0.0178 e. The van der Waals surface area contributed by atoms with Crippen LogP contribution in [0.1, 0.15) is 102 Å². The van der Waals surface area contributed by atoms with Crippen molar-refractivity contribution >= 4 is 31.9 Å². The normalized spacial score (nSPS) is 13.1. The average molecular weight is 520 g/mol. The molecule has 0 N–H and O–H groups in total. The van der Waals surface area contributed by atoms with Crippen LogP contribution in [0, 0.1) is 5.92 Å². The molecule has 0 atom stereocenters. The average Bonchev–Trinajstić information content (AvgIpc) is 3.00. The van der Waals surface area contributed by atoms with Gasteiger partial charge < -0.3 is 0 Å². The van der Waals surface area contributed by atoms with E-state index in [1.54, 1.807) is 0 Å². The molecule has 0 radical (unpaired) electrons. The van der Waals surface area contributed by atoms with Crippen LogP contribution < -0.4 is 0 Å². The molecule has 1 aliphatic rings. The van der Waals surface area contributed by atoms with Crippen LogP contribution in [0.15, 0.2) is 45.3 Å². The molecule has 2 aromatic carbocycles. The molecule has 0 aromatic heterocycles. The first kappa shape index (κ1) is 23.1. The van der Waals surface area contributed by atoms with Gasteiger partial charge in [0.1, 0.15) is 0 Å². The Kier molecular flexibility index (Phi) is 9.31. The third-order valence-electron chi connectivity index (χ3n) is 6.57. The number of benzene rings is 2. The van der Waals surface area contributed by atoms with Crippen molar-refractivity contribution < 1.29 is 0 Å². The van der Waals surface area contributed by atoms with E-state index in [0.717, 1.165) is 5.92 Å². The molecule has 0 saturated heterocycles. The summed E-state index contributed by atoms with van der Waals surface area (Å²) in [5.74, 6) is 1.38. The Hall–Kier alpha value is -0.600. The second-order valence-electron chi connectivity index (χ2n) is 8.82. The molecule has 0 bridgehead atoms. The molecule has 0 spiro atoms. The standard InChI is InChI=1S/C27H36Br2/c1-3-5-7-9-11-20(12-10-8-6-4-2)17-25-26-18-21(28)13-15-23(26)24-16-14-22(29)19-27(24)25/h13-16,18-20,25H,3-12,17H2,1-2H3. The van der Waals surface area contributed by atoms with Crippen LogP contribution in [0.2, 0.25) is 0 Å². The van der Waals surface area contributed by atoms with E-state index in [2.05, 4.69) is 82.1 Å². The third kappa shape index (κ3) is 6.20. The summed E-state index contributed by atoms with van der Waals surface area (Å²) in [7, 11) is 0. The number of fused-ring (bicyclic) bond motifs is 3. The summed E-state index contributed by atoms with van der Waals surface area (Å²) in [6.07, 6.45) is 15.1. The van der Waals surface area contributed by atoms with E-state index in [1.807, 2.05) is 0 Å². The zero-order valence-electron chi connectivity index (χ0n) is 18.2. The Morgan fingerprint density at radius 3 is 1.62 bits per heavy atom. The largest absolute Gasteiger partial charge is 0.0654 e. The number of hydrogen-bond acceptors (Lipinski definition) is 0. The van der Waals surface area contributed by atoms with Crippen LogP contribution in [-0.2, 0) is 0 Å². The molecular weight excluding hydrogens is 484 g/mol. The molecule has 0 fully saturated rings. The van der Waals surface area contributed by atoms with Gasteiger partial charge in [-0.15, -0.1) is 0 Å². The predicted octanol–water partition coefficient (Wildman–Crippen LogP) is 10.3. The Morgan fingerprint density at radius 2 is 1.17 bits per heavy atom. The summed E-state index contributed by atoms with van der Waals surface area (Å²) in [5, 5.41) is 0. The number of halogens is 2. The summed E-state index contributed by atoms with van der Waals surface area (Å²) in [4.78, 5) is 0. The van der Waals surface area contributed by atoms with Gasteiger partial charge >= 0.3 is 0 Å². The molecule has 0 saturated carbocycles. The van der Waals surface area contributed by atoms with Crippen molar-refractivity contribution in [1.82, 2.24) is 0 Å². The highest BCUT2D eigenvalue weighted by atomic mass is 79.9. The van der Waals surface area contributed by atoms with Gasteiger partial charge in [0.15, 0.2) is 0 Å². The van der Waals surface area contributed by atoms with E-state index in [9.17, 15) is 0 Å². The molecule has 1 aliphatic carbocycles. The van der Waals surface area contributed by atoms with Crippen molar-refractivity contribution in [2.24, 2.45) is 5.92 Å². The lowest BCUT2D eigenvalue weighted by Gasteiger charge is -2.23. The Morgan fingerprint density at radius 1 is 0.690 bits per heavy atom. The SMILES string of the molecule is CCCCCCC(CCCCCC)CC1c2cc(Br)ccc2-c2ccc(Br)cc21. The second kappa shape index (κ2) is 11.7. The predicted molar refractivity (Wildman–Crippen MR) is 135 cm³/mol.